The Kier molecular flexibility index (Phi) is 3.38. The van der Waals surface area contributed by atoms with E-state index in [1.54, 1.807) is 6.92 Å². The van der Waals surface area contributed by atoms with Gasteiger partial charge in [-0.05, 0) is 0 Å². The summed E-state index contributed by atoms with van der Waals surface area (Å²) in [6, 6.07) is 0. The first-order valence-electron chi connectivity index (χ1n) is 3.24. The molecule has 0 saturated carbocycles. The first-order chi connectivity index (χ1) is 4.45. The number of aliphatic carboxylic acids is 1. The van der Waals surface area contributed by atoms with Gasteiger partial charge in [-0.3, -0.25) is 4.79 Å². The van der Waals surface area contributed by atoms with E-state index in [9.17, 15) is 4.79 Å². The molecule has 1 unspecified atom stereocenters. The topological polar surface area (TPSA) is 37.3 Å². The van der Waals surface area contributed by atoms with Gasteiger partial charge < -0.3 is 5.11 Å². The highest BCUT2D eigenvalue weighted by molar-refractivity contribution is 6.65. The first-order valence-corrected chi connectivity index (χ1v) is 6.66. The van der Waals surface area contributed by atoms with Crippen LogP contribution in [0.2, 0.25) is 18.1 Å². The molecule has 0 aliphatic heterocycles. The number of halogens is 1. The van der Waals surface area contributed by atoms with Crippen LogP contribution in [0.25, 0.3) is 0 Å². The Morgan fingerprint density at radius 1 is 1.70 bits per heavy atom. The van der Waals surface area contributed by atoms with Crippen molar-refractivity contribution in [1.82, 2.24) is 0 Å². The maximum atomic E-state index is 10.6. The Morgan fingerprint density at radius 2 is 2.10 bits per heavy atom. The predicted octanol–water partition coefficient (Wildman–Crippen LogP) is 1.56. The first kappa shape index (κ1) is 9.98. The second kappa shape index (κ2) is 3.39. The Morgan fingerprint density at radius 3 is 2.10 bits per heavy atom. The van der Waals surface area contributed by atoms with Gasteiger partial charge in [0.05, 0.1) is 13.8 Å². The molecule has 1 atom stereocenters. The fraction of sp³-hybridized carbons (Fsp3) is 0.833. The van der Waals surface area contributed by atoms with Gasteiger partial charge in [-0.2, -0.15) is 0 Å². The summed E-state index contributed by atoms with van der Waals surface area (Å²) in [5.41, 5.74) is 0. The number of carboxylic acid groups (broad SMARTS) is 1. The summed E-state index contributed by atoms with van der Waals surface area (Å²) in [5, 5.41) is 8.12. The van der Waals surface area contributed by atoms with Crippen molar-refractivity contribution < 1.29 is 9.90 Å². The lowest BCUT2D eigenvalue weighted by molar-refractivity contribution is -0.139. The molecule has 0 aliphatic rings. The van der Waals surface area contributed by atoms with E-state index in [1.807, 2.05) is 13.1 Å². The lowest BCUT2D eigenvalue weighted by Crippen LogP contribution is -2.34. The summed E-state index contributed by atoms with van der Waals surface area (Å²) in [4.78, 5) is 10.6. The Bertz CT molecular complexity index is 138. The molecule has 0 fully saturated rings. The molecule has 0 amide bonds. The summed E-state index contributed by atoms with van der Waals surface area (Å²) in [6.45, 7) is 5.71. The van der Waals surface area contributed by atoms with Crippen LogP contribution < -0.4 is 0 Å². The molecule has 0 radical (unpaired) electrons. The monoisotopic (exact) mass is 180 g/mol. The van der Waals surface area contributed by atoms with Crippen LogP contribution >= 0.6 is 11.6 Å². The van der Waals surface area contributed by atoms with Crippen molar-refractivity contribution in [2.75, 3.05) is 5.88 Å². The predicted molar refractivity (Wildman–Crippen MR) is 45.6 cm³/mol. The van der Waals surface area contributed by atoms with E-state index in [4.69, 9.17) is 16.7 Å². The molecule has 0 saturated heterocycles. The van der Waals surface area contributed by atoms with E-state index < -0.39 is 19.8 Å². The third-order valence-corrected chi connectivity index (χ3v) is 5.85. The Balaban J connectivity index is 4.38. The average Bonchev–Trinajstić information content (AvgIpc) is 1.85. The summed E-state index contributed by atoms with van der Waals surface area (Å²) >= 11 is 5.55. The highest BCUT2D eigenvalue weighted by Gasteiger charge is 2.36. The van der Waals surface area contributed by atoms with Crippen LogP contribution in [0.1, 0.15) is 6.92 Å². The molecule has 0 spiro atoms. The molecule has 0 aromatic heterocycles. The van der Waals surface area contributed by atoms with Gasteiger partial charge in [0.1, 0.15) is 0 Å². The Labute approximate surface area is 67.8 Å². The molecule has 4 heteroatoms. The van der Waals surface area contributed by atoms with Gasteiger partial charge in [0, 0.05) is 5.88 Å². The minimum Gasteiger partial charge on any atom is -0.481 e. The average molecular weight is 181 g/mol. The van der Waals surface area contributed by atoms with E-state index in [-0.39, 0.29) is 5.88 Å². The van der Waals surface area contributed by atoms with Gasteiger partial charge in [-0.15, -0.1) is 11.6 Å². The van der Waals surface area contributed by atoms with Crippen molar-refractivity contribution in [3.8, 4) is 0 Å². The summed E-state index contributed by atoms with van der Waals surface area (Å²) in [7, 11) is -1.19. The van der Waals surface area contributed by atoms with Crippen LogP contribution in [0, 0.1) is 0 Å². The lowest BCUT2D eigenvalue weighted by atomic mass is 10.2. The van der Waals surface area contributed by atoms with E-state index in [2.05, 4.69) is 0 Å². The molecule has 0 rings (SSSR count). The van der Waals surface area contributed by atoms with Crippen molar-refractivity contribution in [2.24, 2.45) is 0 Å². The second-order valence-corrected chi connectivity index (χ2v) is 6.86. The normalized spacial score (nSPS) is 16.9. The largest absolute Gasteiger partial charge is 0.481 e. The number of rotatable bonds is 3. The maximum absolute atomic E-state index is 10.6. The second-order valence-electron chi connectivity index (χ2n) is 3.01. The van der Waals surface area contributed by atoms with Crippen molar-refractivity contribution in [2.45, 2.75) is 25.1 Å². The molecule has 0 aromatic carbocycles. The van der Waals surface area contributed by atoms with Crippen LogP contribution in [-0.4, -0.2) is 25.8 Å². The van der Waals surface area contributed by atoms with Gasteiger partial charge in [0.25, 0.3) is 0 Å². The third kappa shape index (κ3) is 1.73. The third-order valence-electron chi connectivity index (χ3n) is 2.04. The fourth-order valence-corrected chi connectivity index (χ4v) is 2.30. The van der Waals surface area contributed by atoms with E-state index in [1.165, 1.54) is 0 Å². The lowest BCUT2D eigenvalue weighted by Gasteiger charge is -2.24. The maximum Gasteiger partial charge on any atom is 0.307 e. The van der Waals surface area contributed by atoms with Crippen molar-refractivity contribution in [3.63, 3.8) is 0 Å². The molecular formula is C6H13ClO2Si. The van der Waals surface area contributed by atoms with E-state index >= 15 is 0 Å². The zero-order valence-electron chi connectivity index (χ0n) is 6.52. The minimum atomic E-state index is -1.19. The highest BCUT2D eigenvalue weighted by atomic mass is 35.5. The number of carboxylic acids is 1. The highest BCUT2D eigenvalue weighted by Crippen LogP contribution is 2.30. The van der Waals surface area contributed by atoms with Crippen LogP contribution in [0.5, 0.6) is 0 Å². The van der Waals surface area contributed by atoms with Gasteiger partial charge >= 0.3 is 5.97 Å². The quantitative estimate of drug-likeness (QED) is 0.529. The molecule has 2 nitrogen and oxygen atoms in total. The van der Waals surface area contributed by atoms with Crippen molar-refractivity contribution >= 4 is 26.4 Å². The molecule has 0 aromatic rings. The van der Waals surface area contributed by atoms with Gasteiger partial charge in [0.15, 0.2) is 0 Å². The van der Waals surface area contributed by atoms with Crippen LogP contribution in [0.15, 0.2) is 0 Å². The number of hydrogen-bond donors (Lipinski definition) is 1. The molecule has 0 aliphatic carbocycles. The van der Waals surface area contributed by atoms with E-state index in [0.29, 0.717) is 0 Å². The standard InChI is InChI=1S/C6H13ClO2Si/c1-6(4-7,5(8)9)10(2)3/h10H,4H2,1-3H3,(H,8,9). The zero-order chi connectivity index (χ0) is 8.36. The summed E-state index contributed by atoms with van der Waals surface area (Å²) < 4.78 is 0. The van der Waals surface area contributed by atoms with Crippen molar-refractivity contribution in [1.29, 1.82) is 0 Å². The van der Waals surface area contributed by atoms with Gasteiger partial charge in [0.2, 0.25) is 0 Å². The van der Waals surface area contributed by atoms with Crippen LogP contribution in [0.3, 0.4) is 0 Å². The van der Waals surface area contributed by atoms with Crippen LogP contribution in [-0.2, 0) is 4.79 Å². The molecule has 0 heterocycles. The van der Waals surface area contributed by atoms with Crippen LogP contribution in [0.4, 0.5) is 0 Å². The number of alkyl halides is 1. The van der Waals surface area contributed by atoms with E-state index in [0.717, 1.165) is 0 Å². The smallest absolute Gasteiger partial charge is 0.307 e. The molecule has 0 bridgehead atoms. The van der Waals surface area contributed by atoms with Crippen molar-refractivity contribution in [3.05, 3.63) is 0 Å². The summed E-state index contributed by atoms with van der Waals surface area (Å²) in [5.74, 6) is -0.532. The molecule has 60 valence electrons. The van der Waals surface area contributed by atoms with Gasteiger partial charge in [-0.25, -0.2) is 0 Å². The fourth-order valence-electron chi connectivity index (χ4n) is 0.458. The molecule has 10 heavy (non-hydrogen) atoms. The zero-order valence-corrected chi connectivity index (χ0v) is 8.43. The SMILES string of the molecule is C[SiH](C)C(C)(CCl)C(=O)O. The number of carbonyl (C=O) groups is 1. The molecular weight excluding hydrogens is 168 g/mol. The Hall–Kier alpha value is -0.0231. The summed E-state index contributed by atoms with van der Waals surface area (Å²) in [6.07, 6.45) is 0. The minimum absolute atomic E-state index is 0.228. The number of hydrogen-bond acceptors (Lipinski definition) is 1. The molecule has 1 N–H and O–H groups in total. The van der Waals surface area contributed by atoms with Gasteiger partial charge in [-0.1, -0.05) is 20.0 Å².